The van der Waals surface area contributed by atoms with E-state index in [0.717, 1.165) is 17.5 Å². The minimum Gasteiger partial charge on any atom is -0.205 e. The third-order valence-electron chi connectivity index (χ3n) is 1.63. The second-order valence-electron chi connectivity index (χ2n) is 2.57. The van der Waals surface area contributed by atoms with Gasteiger partial charge in [0, 0.05) is 0 Å². The lowest BCUT2D eigenvalue weighted by Gasteiger charge is -2.02. The molecule has 0 unspecified atom stereocenters. The molecule has 0 heterocycles. The molecule has 0 aliphatic heterocycles. The molecule has 1 rings (SSSR count). The van der Waals surface area contributed by atoms with Gasteiger partial charge >= 0.3 is 0 Å². The summed E-state index contributed by atoms with van der Waals surface area (Å²) in [7, 11) is 0. The van der Waals surface area contributed by atoms with Crippen molar-refractivity contribution in [2.75, 3.05) is 0 Å². The van der Waals surface area contributed by atoms with Crippen LogP contribution in [0.4, 0.5) is 4.39 Å². The molecular weight excluding hydrogens is 163 g/mol. The summed E-state index contributed by atoms with van der Waals surface area (Å²) >= 11 is 5.69. The van der Waals surface area contributed by atoms with E-state index < -0.39 is 0 Å². The van der Waals surface area contributed by atoms with E-state index in [4.69, 9.17) is 11.6 Å². The van der Waals surface area contributed by atoms with Crippen molar-refractivity contribution < 1.29 is 4.39 Å². The van der Waals surface area contributed by atoms with Gasteiger partial charge in [0.2, 0.25) is 0 Å². The molecule has 0 atom stereocenters. The Morgan fingerprint density at radius 3 is 2.64 bits per heavy atom. The highest BCUT2D eigenvalue weighted by molar-refractivity contribution is 6.31. The SMILES string of the molecule is CCc1cc(C)cc(F)c1Cl. The first-order chi connectivity index (χ1) is 5.15. The van der Waals surface area contributed by atoms with Crippen molar-refractivity contribution in [1.29, 1.82) is 0 Å². The van der Waals surface area contributed by atoms with Crippen LogP contribution in [0.2, 0.25) is 5.02 Å². The highest BCUT2D eigenvalue weighted by Gasteiger charge is 2.04. The van der Waals surface area contributed by atoms with E-state index in [2.05, 4.69) is 0 Å². The number of benzene rings is 1. The van der Waals surface area contributed by atoms with Gasteiger partial charge in [-0.1, -0.05) is 24.6 Å². The Labute approximate surface area is 71.0 Å². The van der Waals surface area contributed by atoms with Crippen LogP contribution in [0.25, 0.3) is 0 Å². The van der Waals surface area contributed by atoms with E-state index in [0.29, 0.717) is 0 Å². The zero-order chi connectivity index (χ0) is 8.43. The molecule has 60 valence electrons. The van der Waals surface area contributed by atoms with Gasteiger partial charge < -0.3 is 0 Å². The minimum absolute atomic E-state index is 0.262. The summed E-state index contributed by atoms with van der Waals surface area (Å²) in [5.41, 5.74) is 1.80. The van der Waals surface area contributed by atoms with Crippen molar-refractivity contribution in [2.24, 2.45) is 0 Å². The fourth-order valence-electron chi connectivity index (χ4n) is 1.05. The molecule has 11 heavy (non-hydrogen) atoms. The van der Waals surface area contributed by atoms with Gasteiger partial charge in [-0.25, -0.2) is 4.39 Å². The van der Waals surface area contributed by atoms with Gasteiger partial charge in [0.25, 0.3) is 0 Å². The fraction of sp³-hybridized carbons (Fsp3) is 0.333. The first-order valence-corrected chi connectivity index (χ1v) is 3.97. The van der Waals surface area contributed by atoms with Crippen LogP contribution in [0.1, 0.15) is 18.1 Å². The molecule has 0 spiro atoms. The summed E-state index contributed by atoms with van der Waals surface area (Å²) in [4.78, 5) is 0. The van der Waals surface area contributed by atoms with E-state index in [9.17, 15) is 4.39 Å². The van der Waals surface area contributed by atoms with E-state index in [-0.39, 0.29) is 10.8 Å². The van der Waals surface area contributed by atoms with Crippen molar-refractivity contribution >= 4 is 11.6 Å². The molecule has 0 fully saturated rings. The third-order valence-corrected chi connectivity index (χ3v) is 2.05. The van der Waals surface area contributed by atoms with Crippen LogP contribution in [0.3, 0.4) is 0 Å². The Balaban J connectivity index is 3.24. The van der Waals surface area contributed by atoms with Gasteiger partial charge in [-0.3, -0.25) is 0 Å². The monoisotopic (exact) mass is 172 g/mol. The smallest absolute Gasteiger partial charge is 0.142 e. The number of aryl methyl sites for hydroxylation is 2. The van der Waals surface area contributed by atoms with Crippen molar-refractivity contribution in [3.8, 4) is 0 Å². The maximum absolute atomic E-state index is 12.9. The summed E-state index contributed by atoms with van der Waals surface area (Å²) in [6.07, 6.45) is 0.775. The van der Waals surface area contributed by atoms with E-state index in [1.54, 1.807) is 0 Å². The molecule has 0 bridgehead atoms. The largest absolute Gasteiger partial charge is 0.205 e. The van der Waals surface area contributed by atoms with E-state index >= 15 is 0 Å². The zero-order valence-electron chi connectivity index (χ0n) is 6.62. The Kier molecular flexibility index (Phi) is 2.50. The van der Waals surface area contributed by atoms with Crippen molar-refractivity contribution in [1.82, 2.24) is 0 Å². The molecule has 0 amide bonds. The van der Waals surface area contributed by atoms with Gasteiger partial charge in [0.05, 0.1) is 5.02 Å². The molecule has 1 aromatic carbocycles. The summed E-state index contributed by atoms with van der Waals surface area (Å²) in [5, 5.41) is 0.262. The molecule has 0 aliphatic rings. The van der Waals surface area contributed by atoms with Crippen LogP contribution >= 0.6 is 11.6 Å². The second kappa shape index (κ2) is 3.22. The maximum Gasteiger partial charge on any atom is 0.142 e. The summed E-state index contributed by atoms with van der Waals surface area (Å²) < 4.78 is 12.9. The lowest BCUT2D eigenvalue weighted by Crippen LogP contribution is -1.88. The summed E-state index contributed by atoms with van der Waals surface area (Å²) in [6.45, 7) is 3.82. The number of halogens is 2. The average molecular weight is 173 g/mol. The molecule has 0 aliphatic carbocycles. The standard InChI is InChI=1S/C9H10ClF/c1-3-7-4-6(2)5-8(11)9(7)10/h4-5H,3H2,1-2H3. The first-order valence-electron chi connectivity index (χ1n) is 3.59. The molecule has 0 radical (unpaired) electrons. The predicted molar refractivity (Wildman–Crippen MR) is 45.5 cm³/mol. The lowest BCUT2D eigenvalue weighted by atomic mass is 10.1. The van der Waals surface area contributed by atoms with Crippen LogP contribution in [0.5, 0.6) is 0 Å². The number of rotatable bonds is 1. The zero-order valence-corrected chi connectivity index (χ0v) is 7.37. The highest BCUT2D eigenvalue weighted by Crippen LogP contribution is 2.21. The van der Waals surface area contributed by atoms with Crippen LogP contribution in [-0.4, -0.2) is 0 Å². The van der Waals surface area contributed by atoms with Gasteiger partial charge in [0.15, 0.2) is 0 Å². The van der Waals surface area contributed by atoms with Crippen LogP contribution in [-0.2, 0) is 6.42 Å². The predicted octanol–water partition coefficient (Wildman–Crippen LogP) is 3.35. The Hall–Kier alpha value is -0.560. The minimum atomic E-state index is -0.316. The molecular formula is C9H10ClF. The maximum atomic E-state index is 12.9. The van der Waals surface area contributed by atoms with Crippen LogP contribution in [0.15, 0.2) is 12.1 Å². The molecule has 0 aromatic heterocycles. The number of hydrogen-bond donors (Lipinski definition) is 0. The second-order valence-corrected chi connectivity index (χ2v) is 2.95. The first kappa shape index (κ1) is 8.54. The quantitative estimate of drug-likeness (QED) is 0.610. The van der Waals surface area contributed by atoms with Gasteiger partial charge in [-0.15, -0.1) is 0 Å². The molecule has 1 aromatic rings. The van der Waals surface area contributed by atoms with Crippen molar-refractivity contribution in [3.05, 3.63) is 34.1 Å². The van der Waals surface area contributed by atoms with Crippen molar-refractivity contribution in [3.63, 3.8) is 0 Å². The van der Waals surface area contributed by atoms with Crippen LogP contribution in [0, 0.1) is 12.7 Å². The number of hydrogen-bond acceptors (Lipinski definition) is 0. The van der Waals surface area contributed by atoms with Crippen LogP contribution < -0.4 is 0 Å². The molecule has 0 N–H and O–H groups in total. The third kappa shape index (κ3) is 1.72. The highest BCUT2D eigenvalue weighted by atomic mass is 35.5. The molecule has 0 saturated heterocycles. The van der Waals surface area contributed by atoms with Gasteiger partial charge in [-0.2, -0.15) is 0 Å². The summed E-state index contributed by atoms with van der Waals surface area (Å²) in [6, 6.07) is 3.35. The van der Waals surface area contributed by atoms with Gasteiger partial charge in [-0.05, 0) is 30.5 Å². The van der Waals surface area contributed by atoms with Crippen molar-refractivity contribution in [2.45, 2.75) is 20.3 Å². The van der Waals surface area contributed by atoms with E-state index in [1.807, 2.05) is 19.9 Å². The molecule has 0 saturated carbocycles. The molecule has 2 heteroatoms. The topological polar surface area (TPSA) is 0 Å². The van der Waals surface area contributed by atoms with E-state index in [1.165, 1.54) is 6.07 Å². The average Bonchev–Trinajstić information content (AvgIpc) is 1.96. The Morgan fingerprint density at radius 2 is 2.09 bits per heavy atom. The molecule has 0 nitrogen and oxygen atoms in total. The Bertz CT molecular complexity index is 269. The lowest BCUT2D eigenvalue weighted by molar-refractivity contribution is 0.625. The van der Waals surface area contributed by atoms with Gasteiger partial charge in [0.1, 0.15) is 5.82 Å². The normalized spacial score (nSPS) is 10.2. The fourth-order valence-corrected chi connectivity index (χ4v) is 1.30. The Morgan fingerprint density at radius 1 is 1.45 bits per heavy atom. The summed E-state index contributed by atoms with van der Waals surface area (Å²) in [5.74, 6) is -0.316.